The summed E-state index contributed by atoms with van der Waals surface area (Å²) in [5, 5.41) is 25.0. The summed E-state index contributed by atoms with van der Waals surface area (Å²) in [4.78, 5) is 10.6. The van der Waals surface area contributed by atoms with Gasteiger partial charge in [0, 0.05) is 5.56 Å². The predicted octanol–water partition coefficient (Wildman–Crippen LogP) is -0.450. The fourth-order valence-corrected chi connectivity index (χ4v) is 0.823. The van der Waals surface area contributed by atoms with Gasteiger partial charge in [-0.2, -0.15) is 0 Å². The number of hydrogen-bond donors (Lipinski definition) is 4. The van der Waals surface area contributed by atoms with E-state index in [4.69, 9.17) is 21.1 Å². The van der Waals surface area contributed by atoms with E-state index in [1.54, 1.807) is 6.92 Å². The zero-order chi connectivity index (χ0) is 13.3. The van der Waals surface area contributed by atoms with E-state index in [2.05, 4.69) is 0 Å². The number of aliphatic hydroxyl groups is 3. The topological polar surface area (TPSA) is 104 Å². The molecule has 0 atom stereocenters. The van der Waals surface area contributed by atoms with Gasteiger partial charge < -0.3 is 21.1 Å². The highest BCUT2D eigenvalue weighted by Crippen LogP contribution is 1.97. The first-order chi connectivity index (χ1) is 7.99. The first-order valence-electron chi connectivity index (χ1n) is 5.16. The number of Topliss-reactive ketones (excluding diaryl/α,β-unsaturated/α-hetero) is 1. The highest BCUT2D eigenvalue weighted by molar-refractivity contribution is 5.93. The standard InChI is InChI=1S/C8H8O.C4H11NO3/c1-7(9)8-5-3-2-4-6-8;5-4(1-6,2-7)3-8/h2-6H,1H3;6-8H,1-3,5H2. The van der Waals surface area contributed by atoms with E-state index in [1.807, 2.05) is 30.3 Å². The third-order valence-corrected chi connectivity index (χ3v) is 2.12. The monoisotopic (exact) mass is 241 g/mol. The van der Waals surface area contributed by atoms with Gasteiger partial charge >= 0.3 is 0 Å². The SMILES string of the molecule is CC(=O)c1ccccc1.NC(CO)(CO)CO. The number of benzene rings is 1. The van der Waals surface area contributed by atoms with Crippen LogP contribution in [-0.2, 0) is 0 Å². The predicted molar refractivity (Wildman–Crippen MR) is 64.6 cm³/mol. The Balaban J connectivity index is 0.000000304. The van der Waals surface area contributed by atoms with Crippen molar-refractivity contribution in [3.63, 3.8) is 0 Å². The van der Waals surface area contributed by atoms with Crippen molar-refractivity contribution in [2.75, 3.05) is 19.8 Å². The second kappa shape index (κ2) is 7.92. The van der Waals surface area contributed by atoms with E-state index in [0.29, 0.717) is 0 Å². The van der Waals surface area contributed by atoms with Gasteiger partial charge in [-0.25, -0.2) is 0 Å². The van der Waals surface area contributed by atoms with Gasteiger partial charge in [-0.15, -0.1) is 0 Å². The van der Waals surface area contributed by atoms with Crippen molar-refractivity contribution in [3.05, 3.63) is 35.9 Å². The van der Waals surface area contributed by atoms with Crippen LogP contribution in [0.5, 0.6) is 0 Å². The number of carbonyl (C=O) groups excluding carboxylic acids is 1. The molecule has 1 aromatic rings. The molecule has 17 heavy (non-hydrogen) atoms. The number of carbonyl (C=O) groups is 1. The molecule has 0 spiro atoms. The van der Waals surface area contributed by atoms with E-state index in [0.717, 1.165) is 5.56 Å². The van der Waals surface area contributed by atoms with Crippen molar-refractivity contribution >= 4 is 5.78 Å². The molecule has 5 heteroatoms. The molecule has 0 aliphatic heterocycles. The lowest BCUT2D eigenvalue weighted by Crippen LogP contribution is -2.50. The third kappa shape index (κ3) is 6.13. The van der Waals surface area contributed by atoms with Gasteiger partial charge in [0.1, 0.15) is 0 Å². The maximum absolute atomic E-state index is 10.6. The van der Waals surface area contributed by atoms with Crippen LogP contribution in [-0.4, -0.2) is 46.5 Å². The van der Waals surface area contributed by atoms with Crippen LogP contribution in [0, 0.1) is 0 Å². The quantitative estimate of drug-likeness (QED) is 0.535. The lowest BCUT2D eigenvalue weighted by molar-refractivity contribution is 0.0697. The van der Waals surface area contributed by atoms with Crippen LogP contribution in [0.3, 0.4) is 0 Å². The number of nitrogens with two attached hydrogens (primary N) is 1. The number of ketones is 1. The Morgan fingerprint density at radius 2 is 1.53 bits per heavy atom. The van der Waals surface area contributed by atoms with Crippen molar-refractivity contribution in [3.8, 4) is 0 Å². The van der Waals surface area contributed by atoms with Gasteiger partial charge in [0.25, 0.3) is 0 Å². The summed E-state index contributed by atoms with van der Waals surface area (Å²) >= 11 is 0. The van der Waals surface area contributed by atoms with E-state index in [9.17, 15) is 4.79 Å². The highest BCUT2D eigenvalue weighted by Gasteiger charge is 2.20. The average molecular weight is 241 g/mol. The van der Waals surface area contributed by atoms with Gasteiger partial charge in [0.05, 0.1) is 25.4 Å². The van der Waals surface area contributed by atoms with Crippen LogP contribution in [0.1, 0.15) is 17.3 Å². The summed E-state index contributed by atoms with van der Waals surface area (Å²) in [6, 6.07) is 9.23. The minimum absolute atomic E-state index is 0.121. The summed E-state index contributed by atoms with van der Waals surface area (Å²) in [7, 11) is 0. The number of rotatable bonds is 4. The van der Waals surface area contributed by atoms with E-state index in [1.165, 1.54) is 0 Å². The van der Waals surface area contributed by atoms with Gasteiger partial charge in [-0.1, -0.05) is 30.3 Å². The Labute approximate surface area is 101 Å². The largest absolute Gasteiger partial charge is 0.394 e. The molecule has 96 valence electrons. The molecule has 0 heterocycles. The summed E-state index contributed by atoms with van der Waals surface area (Å²) < 4.78 is 0. The van der Waals surface area contributed by atoms with Crippen LogP contribution in [0.15, 0.2) is 30.3 Å². The second-order valence-corrected chi connectivity index (χ2v) is 3.76. The fraction of sp³-hybridized carbons (Fsp3) is 0.417. The van der Waals surface area contributed by atoms with E-state index < -0.39 is 25.4 Å². The first-order valence-corrected chi connectivity index (χ1v) is 5.16. The van der Waals surface area contributed by atoms with Crippen LogP contribution in [0.4, 0.5) is 0 Å². The third-order valence-electron chi connectivity index (χ3n) is 2.12. The van der Waals surface area contributed by atoms with Crippen molar-refractivity contribution < 1.29 is 20.1 Å². The lowest BCUT2D eigenvalue weighted by Gasteiger charge is -2.20. The van der Waals surface area contributed by atoms with Crippen LogP contribution >= 0.6 is 0 Å². The van der Waals surface area contributed by atoms with Gasteiger partial charge in [-0.3, -0.25) is 4.79 Å². The summed E-state index contributed by atoms with van der Waals surface area (Å²) in [6.07, 6.45) is 0. The normalized spacial score (nSPS) is 10.4. The van der Waals surface area contributed by atoms with Crippen molar-refractivity contribution in [2.24, 2.45) is 5.73 Å². The molecule has 0 amide bonds. The molecule has 0 saturated heterocycles. The molecule has 0 radical (unpaired) electrons. The Kier molecular flexibility index (Phi) is 7.32. The van der Waals surface area contributed by atoms with Crippen LogP contribution < -0.4 is 5.73 Å². The molecule has 0 aliphatic carbocycles. The first kappa shape index (κ1) is 15.7. The molecule has 0 bridgehead atoms. The molecule has 0 aromatic heterocycles. The summed E-state index contributed by atoms with van der Waals surface area (Å²) in [6.45, 7) is 0.356. The fourth-order valence-electron chi connectivity index (χ4n) is 0.823. The Morgan fingerprint density at radius 1 is 1.12 bits per heavy atom. The van der Waals surface area contributed by atoms with Crippen molar-refractivity contribution in [2.45, 2.75) is 12.5 Å². The minimum atomic E-state index is -1.21. The van der Waals surface area contributed by atoms with Crippen LogP contribution in [0.25, 0.3) is 0 Å². The minimum Gasteiger partial charge on any atom is -0.394 e. The number of hydrogen-bond acceptors (Lipinski definition) is 5. The van der Waals surface area contributed by atoms with Gasteiger partial charge in [0.15, 0.2) is 5.78 Å². The molecule has 0 unspecified atom stereocenters. The Hall–Kier alpha value is -1.27. The zero-order valence-corrected chi connectivity index (χ0v) is 9.84. The Morgan fingerprint density at radius 3 is 1.71 bits per heavy atom. The van der Waals surface area contributed by atoms with Gasteiger partial charge in [-0.05, 0) is 6.92 Å². The van der Waals surface area contributed by atoms with E-state index in [-0.39, 0.29) is 5.78 Å². The molecular formula is C12H19NO4. The summed E-state index contributed by atoms with van der Waals surface area (Å²) in [5.41, 5.74) is 4.71. The summed E-state index contributed by atoms with van der Waals surface area (Å²) in [5.74, 6) is 0.121. The van der Waals surface area contributed by atoms with E-state index >= 15 is 0 Å². The molecule has 0 fully saturated rings. The average Bonchev–Trinajstić information content (AvgIpc) is 2.39. The maximum Gasteiger partial charge on any atom is 0.159 e. The molecule has 1 aromatic carbocycles. The molecular weight excluding hydrogens is 222 g/mol. The molecule has 5 N–H and O–H groups in total. The lowest BCUT2D eigenvalue weighted by atomic mass is 10.1. The number of aliphatic hydroxyl groups excluding tert-OH is 3. The van der Waals surface area contributed by atoms with Crippen LogP contribution in [0.2, 0.25) is 0 Å². The Bertz CT molecular complexity index is 314. The zero-order valence-electron chi connectivity index (χ0n) is 9.84. The smallest absolute Gasteiger partial charge is 0.159 e. The molecule has 0 aliphatic rings. The van der Waals surface area contributed by atoms with Crippen molar-refractivity contribution in [1.29, 1.82) is 0 Å². The van der Waals surface area contributed by atoms with Crippen molar-refractivity contribution in [1.82, 2.24) is 0 Å². The highest BCUT2D eigenvalue weighted by atomic mass is 16.3. The molecule has 5 nitrogen and oxygen atoms in total. The molecule has 0 saturated carbocycles. The molecule has 1 rings (SSSR count). The maximum atomic E-state index is 10.6. The van der Waals surface area contributed by atoms with Gasteiger partial charge in [0.2, 0.25) is 0 Å². The second-order valence-electron chi connectivity index (χ2n) is 3.76.